The fraction of sp³-hybridized carbons (Fsp3) is 0.545. The van der Waals surface area contributed by atoms with E-state index in [1.165, 1.54) is 19.2 Å². The lowest BCUT2D eigenvalue weighted by atomic mass is 10.2. The summed E-state index contributed by atoms with van der Waals surface area (Å²) < 4.78 is 5.52. The number of ether oxygens (including phenoxy) is 1. The van der Waals surface area contributed by atoms with Crippen molar-refractivity contribution in [2.45, 2.75) is 45.8 Å². The number of aromatic nitrogens is 3. The SMILES string of the molecule is CCC(C)Oc1ccc(NC)cn1.CON(C)Cc1c(N)ncnc1N1CCCC1.NC=O. The summed E-state index contributed by atoms with van der Waals surface area (Å²) in [6.07, 6.45) is 7.19. The first-order valence-corrected chi connectivity index (χ1v) is 10.9. The summed E-state index contributed by atoms with van der Waals surface area (Å²) in [6.45, 7) is 6.80. The van der Waals surface area contributed by atoms with E-state index in [-0.39, 0.29) is 12.5 Å². The van der Waals surface area contributed by atoms with Crippen molar-refractivity contribution in [3.05, 3.63) is 30.2 Å². The molecule has 0 aliphatic carbocycles. The van der Waals surface area contributed by atoms with Crippen LogP contribution in [0.3, 0.4) is 0 Å². The van der Waals surface area contributed by atoms with Crippen LogP contribution in [0.15, 0.2) is 24.7 Å². The number of carbonyl (C=O) groups excluding carboxylic acids is 1. The molecule has 11 heteroatoms. The van der Waals surface area contributed by atoms with Crippen molar-refractivity contribution < 1.29 is 14.4 Å². The molecule has 1 unspecified atom stereocenters. The Morgan fingerprint density at radius 1 is 1.27 bits per heavy atom. The summed E-state index contributed by atoms with van der Waals surface area (Å²) in [5, 5.41) is 4.72. The zero-order chi connectivity index (χ0) is 24.6. The molecule has 3 heterocycles. The molecule has 1 fully saturated rings. The summed E-state index contributed by atoms with van der Waals surface area (Å²) in [5.74, 6) is 2.16. The van der Waals surface area contributed by atoms with Crippen LogP contribution in [-0.4, -0.2) is 66.8 Å². The van der Waals surface area contributed by atoms with E-state index in [1.807, 2.05) is 33.2 Å². The van der Waals surface area contributed by atoms with Crippen LogP contribution in [0.25, 0.3) is 0 Å². The van der Waals surface area contributed by atoms with Gasteiger partial charge in [0.2, 0.25) is 12.3 Å². The van der Waals surface area contributed by atoms with Gasteiger partial charge >= 0.3 is 0 Å². The zero-order valence-electron chi connectivity index (χ0n) is 20.3. The summed E-state index contributed by atoms with van der Waals surface area (Å²) in [5.41, 5.74) is 12.0. The van der Waals surface area contributed by atoms with Crippen molar-refractivity contribution in [2.75, 3.05) is 50.2 Å². The van der Waals surface area contributed by atoms with Crippen molar-refractivity contribution in [1.82, 2.24) is 20.0 Å². The third-order valence-corrected chi connectivity index (χ3v) is 4.98. The monoisotopic (exact) mass is 462 g/mol. The Morgan fingerprint density at radius 2 is 1.94 bits per heavy atom. The number of pyridine rings is 1. The second-order valence-corrected chi connectivity index (χ2v) is 7.33. The van der Waals surface area contributed by atoms with E-state index in [9.17, 15) is 0 Å². The van der Waals surface area contributed by atoms with Crippen molar-refractivity contribution in [3.63, 3.8) is 0 Å². The summed E-state index contributed by atoms with van der Waals surface area (Å²) in [4.78, 5) is 28.5. The Morgan fingerprint density at radius 3 is 2.45 bits per heavy atom. The van der Waals surface area contributed by atoms with Crippen molar-refractivity contribution in [3.8, 4) is 5.88 Å². The summed E-state index contributed by atoms with van der Waals surface area (Å²) in [6, 6.07) is 3.82. The van der Waals surface area contributed by atoms with Gasteiger partial charge in [0.1, 0.15) is 18.0 Å². The normalized spacial score (nSPS) is 13.3. The predicted molar refractivity (Wildman–Crippen MR) is 131 cm³/mol. The van der Waals surface area contributed by atoms with Crippen LogP contribution < -0.4 is 26.4 Å². The Kier molecular flexibility index (Phi) is 13.2. The number of nitrogens with zero attached hydrogens (tertiary/aromatic N) is 5. The van der Waals surface area contributed by atoms with Crippen LogP contribution in [-0.2, 0) is 16.2 Å². The molecule has 0 radical (unpaired) electrons. The highest BCUT2D eigenvalue weighted by Crippen LogP contribution is 2.25. The van der Waals surface area contributed by atoms with Gasteiger partial charge in [-0.1, -0.05) is 6.92 Å². The van der Waals surface area contributed by atoms with Gasteiger partial charge in [-0.25, -0.2) is 15.0 Å². The van der Waals surface area contributed by atoms with Crippen LogP contribution in [0.2, 0.25) is 0 Å². The van der Waals surface area contributed by atoms with Gasteiger partial charge in [-0.2, -0.15) is 5.06 Å². The van der Waals surface area contributed by atoms with Gasteiger partial charge in [0, 0.05) is 33.3 Å². The van der Waals surface area contributed by atoms with Gasteiger partial charge in [0.15, 0.2) is 0 Å². The first kappa shape index (κ1) is 27.9. The van der Waals surface area contributed by atoms with E-state index in [4.69, 9.17) is 20.1 Å². The van der Waals surface area contributed by atoms with E-state index in [0.29, 0.717) is 18.2 Å². The number of hydrogen-bond acceptors (Lipinski definition) is 10. The fourth-order valence-electron chi connectivity index (χ4n) is 2.94. The molecule has 0 aromatic carbocycles. The van der Waals surface area contributed by atoms with Gasteiger partial charge < -0.3 is 31.3 Å². The van der Waals surface area contributed by atoms with E-state index < -0.39 is 0 Å². The third-order valence-electron chi connectivity index (χ3n) is 4.98. The Balaban J connectivity index is 0.000000304. The molecule has 2 aromatic heterocycles. The van der Waals surface area contributed by atoms with Gasteiger partial charge in [-0.3, -0.25) is 4.79 Å². The van der Waals surface area contributed by atoms with Crippen LogP contribution in [0.1, 0.15) is 38.7 Å². The molecule has 3 rings (SSSR count). The average molecular weight is 463 g/mol. The molecule has 2 aromatic rings. The molecule has 1 atom stereocenters. The first-order valence-electron chi connectivity index (χ1n) is 10.9. The first-order chi connectivity index (χ1) is 15.9. The summed E-state index contributed by atoms with van der Waals surface area (Å²) >= 11 is 0. The molecule has 184 valence electrons. The molecule has 1 aliphatic heterocycles. The lowest BCUT2D eigenvalue weighted by molar-refractivity contribution is -0.116. The number of rotatable bonds is 8. The Hall–Kier alpha value is -3.18. The van der Waals surface area contributed by atoms with Crippen LogP contribution >= 0.6 is 0 Å². The molecule has 33 heavy (non-hydrogen) atoms. The van der Waals surface area contributed by atoms with Crippen LogP contribution in [0, 0.1) is 0 Å². The number of anilines is 3. The quantitative estimate of drug-likeness (QED) is 0.393. The molecule has 0 spiro atoms. The van der Waals surface area contributed by atoms with E-state index >= 15 is 0 Å². The smallest absolute Gasteiger partial charge is 0.213 e. The van der Waals surface area contributed by atoms with E-state index in [2.05, 4.69) is 37.8 Å². The number of nitrogen functional groups attached to an aromatic ring is 1. The summed E-state index contributed by atoms with van der Waals surface area (Å²) in [7, 11) is 5.36. The minimum atomic E-state index is 0.230. The van der Waals surface area contributed by atoms with Gasteiger partial charge in [0.05, 0.1) is 37.2 Å². The number of hydroxylamine groups is 2. The number of hydrogen-bond donors (Lipinski definition) is 3. The standard InChI is InChI=1S/C11H19N5O.C10H16N2O.CH3NO/c1-15(17-2)7-9-10(12)13-8-14-11(9)16-5-3-4-6-16;1-4-8(2)13-10-6-5-9(11-3)7-12-10;2-1-3/h8H,3-7H2,1-2H3,(H2,12,13,14);5-8,11H,4H2,1-3H3;1H,(H2,2,3). The highest BCUT2D eigenvalue weighted by molar-refractivity contribution is 5.56. The maximum Gasteiger partial charge on any atom is 0.213 e. The van der Waals surface area contributed by atoms with Gasteiger partial charge in [-0.05, 0) is 32.3 Å². The molecule has 1 aliphatic rings. The lowest BCUT2D eigenvalue weighted by Gasteiger charge is -2.22. The molecule has 11 nitrogen and oxygen atoms in total. The Bertz CT molecular complexity index is 801. The highest BCUT2D eigenvalue weighted by Gasteiger charge is 2.20. The van der Waals surface area contributed by atoms with Gasteiger partial charge in [-0.15, -0.1) is 0 Å². The molecule has 0 bridgehead atoms. The molecule has 0 saturated carbocycles. The van der Waals surface area contributed by atoms with Crippen molar-refractivity contribution >= 4 is 23.7 Å². The average Bonchev–Trinajstić information content (AvgIpc) is 3.36. The molecular formula is C22H38N8O3. The predicted octanol–water partition coefficient (Wildman–Crippen LogP) is 2.05. The molecular weight excluding hydrogens is 424 g/mol. The van der Waals surface area contributed by atoms with E-state index in [0.717, 1.165) is 36.6 Å². The zero-order valence-corrected chi connectivity index (χ0v) is 20.3. The van der Waals surface area contributed by atoms with Gasteiger partial charge in [0.25, 0.3) is 0 Å². The fourth-order valence-corrected chi connectivity index (χ4v) is 2.94. The number of primary amides is 1. The number of carbonyl (C=O) groups is 1. The minimum absolute atomic E-state index is 0.230. The van der Waals surface area contributed by atoms with Crippen molar-refractivity contribution in [2.24, 2.45) is 5.73 Å². The highest BCUT2D eigenvalue weighted by atomic mass is 16.7. The Labute approximate surface area is 196 Å². The molecule has 1 amide bonds. The van der Waals surface area contributed by atoms with Crippen LogP contribution in [0.4, 0.5) is 17.3 Å². The second-order valence-electron chi connectivity index (χ2n) is 7.33. The van der Waals surface area contributed by atoms with Crippen LogP contribution in [0.5, 0.6) is 5.88 Å². The third kappa shape index (κ3) is 9.87. The number of nitrogens with one attached hydrogen (secondary N) is 1. The maximum atomic E-state index is 8.58. The number of nitrogens with two attached hydrogens (primary N) is 2. The minimum Gasteiger partial charge on any atom is -0.475 e. The second kappa shape index (κ2) is 15.6. The van der Waals surface area contributed by atoms with E-state index in [1.54, 1.807) is 18.4 Å². The largest absolute Gasteiger partial charge is 0.475 e. The maximum absolute atomic E-state index is 8.58. The number of amides is 1. The topological polar surface area (TPSA) is 145 Å². The van der Waals surface area contributed by atoms with Crippen molar-refractivity contribution in [1.29, 1.82) is 0 Å². The molecule has 1 saturated heterocycles. The lowest BCUT2D eigenvalue weighted by Crippen LogP contribution is -2.25. The molecule has 5 N–H and O–H groups in total.